The smallest absolute Gasteiger partial charge is 0.258 e. The lowest BCUT2D eigenvalue weighted by Gasteiger charge is -2.25. The maximum absolute atomic E-state index is 12.5. The van der Waals surface area contributed by atoms with Crippen LogP contribution in [-0.4, -0.2) is 25.7 Å². The van der Waals surface area contributed by atoms with Gasteiger partial charge in [-0.1, -0.05) is 38.1 Å². The van der Waals surface area contributed by atoms with Crippen LogP contribution in [0.2, 0.25) is 0 Å². The number of nitrogens with one attached hydrogen (secondary N) is 1. The number of hydrogen-bond acceptors (Lipinski definition) is 4. The van der Waals surface area contributed by atoms with Gasteiger partial charge >= 0.3 is 0 Å². The van der Waals surface area contributed by atoms with E-state index in [4.69, 9.17) is 14.2 Å². The van der Waals surface area contributed by atoms with Crippen LogP contribution in [0.5, 0.6) is 17.2 Å². The molecule has 1 aliphatic heterocycles. The van der Waals surface area contributed by atoms with Gasteiger partial charge in [-0.2, -0.15) is 0 Å². The molecular weight excluding hydrogens is 342 g/mol. The summed E-state index contributed by atoms with van der Waals surface area (Å²) in [6.07, 6.45) is 0. The van der Waals surface area contributed by atoms with Gasteiger partial charge in [-0.3, -0.25) is 4.79 Å². The normalized spacial score (nSPS) is 14.0. The van der Waals surface area contributed by atoms with Crippen molar-refractivity contribution >= 4 is 5.91 Å². The van der Waals surface area contributed by atoms with Gasteiger partial charge in [0.15, 0.2) is 18.1 Å². The second kappa shape index (κ2) is 8.33. The van der Waals surface area contributed by atoms with Crippen molar-refractivity contribution in [1.29, 1.82) is 0 Å². The Morgan fingerprint density at radius 3 is 2.41 bits per heavy atom. The van der Waals surface area contributed by atoms with E-state index in [0.29, 0.717) is 13.2 Å². The first-order chi connectivity index (χ1) is 13.0. The molecule has 1 atom stereocenters. The Morgan fingerprint density at radius 2 is 1.74 bits per heavy atom. The molecule has 0 bridgehead atoms. The molecule has 2 aromatic carbocycles. The van der Waals surface area contributed by atoms with Crippen molar-refractivity contribution in [3.63, 3.8) is 0 Å². The number of aryl methyl sites for hydroxylation is 2. The Labute approximate surface area is 160 Å². The standard InChI is InChI=1S/C22H27NO4/c1-14(2)21(17-8-9-18-19(12-17)26-11-10-25-18)23-20(24)13-27-22-15(3)6-5-7-16(22)4/h5-9,12,14,21H,10-11,13H2,1-4H3,(H,23,24). The fourth-order valence-electron chi connectivity index (χ4n) is 3.27. The average Bonchev–Trinajstić information content (AvgIpc) is 2.65. The molecule has 1 unspecified atom stereocenters. The van der Waals surface area contributed by atoms with Crippen LogP contribution in [-0.2, 0) is 4.79 Å². The van der Waals surface area contributed by atoms with Crippen LogP contribution in [0.1, 0.15) is 36.6 Å². The first-order valence-electron chi connectivity index (χ1n) is 9.33. The van der Waals surface area contributed by atoms with Crippen molar-refractivity contribution in [1.82, 2.24) is 5.32 Å². The number of ether oxygens (including phenoxy) is 3. The molecule has 0 saturated carbocycles. The lowest BCUT2D eigenvalue weighted by molar-refractivity contribution is -0.124. The molecule has 5 heteroatoms. The maximum Gasteiger partial charge on any atom is 0.258 e. The van der Waals surface area contributed by atoms with E-state index in [-0.39, 0.29) is 24.5 Å². The molecule has 0 aliphatic carbocycles. The highest BCUT2D eigenvalue weighted by Crippen LogP contribution is 2.34. The second-order valence-electron chi connectivity index (χ2n) is 7.20. The van der Waals surface area contributed by atoms with Crippen molar-refractivity contribution in [3.05, 3.63) is 53.1 Å². The van der Waals surface area contributed by atoms with E-state index in [1.807, 2.05) is 50.2 Å². The largest absolute Gasteiger partial charge is 0.486 e. The predicted octanol–water partition coefficient (Wildman–Crippen LogP) is 3.97. The summed E-state index contributed by atoms with van der Waals surface area (Å²) in [6, 6.07) is 11.6. The number of hydrogen-bond donors (Lipinski definition) is 1. The fraction of sp³-hybridized carbons (Fsp3) is 0.409. The van der Waals surface area contributed by atoms with E-state index >= 15 is 0 Å². The van der Waals surface area contributed by atoms with E-state index in [2.05, 4.69) is 19.2 Å². The minimum atomic E-state index is -0.147. The Morgan fingerprint density at radius 1 is 1.07 bits per heavy atom. The highest BCUT2D eigenvalue weighted by Gasteiger charge is 2.22. The van der Waals surface area contributed by atoms with Crippen molar-refractivity contribution in [2.45, 2.75) is 33.7 Å². The molecule has 0 saturated heterocycles. The maximum atomic E-state index is 12.5. The van der Waals surface area contributed by atoms with Gasteiger partial charge in [0, 0.05) is 0 Å². The van der Waals surface area contributed by atoms with Crippen LogP contribution in [0.3, 0.4) is 0 Å². The molecule has 0 spiro atoms. The summed E-state index contributed by atoms with van der Waals surface area (Å²) in [4.78, 5) is 12.5. The van der Waals surface area contributed by atoms with E-state index in [1.165, 1.54) is 0 Å². The predicted molar refractivity (Wildman–Crippen MR) is 105 cm³/mol. The molecule has 144 valence electrons. The lowest BCUT2D eigenvalue weighted by Crippen LogP contribution is -2.35. The molecule has 3 rings (SSSR count). The Bertz CT molecular complexity index is 796. The summed E-state index contributed by atoms with van der Waals surface area (Å²) < 4.78 is 17.0. The third-order valence-corrected chi connectivity index (χ3v) is 4.66. The van der Waals surface area contributed by atoms with Crippen LogP contribution in [0.4, 0.5) is 0 Å². The number of amides is 1. The molecule has 1 heterocycles. The van der Waals surface area contributed by atoms with Crippen molar-refractivity contribution in [3.8, 4) is 17.2 Å². The monoisotopic (exact) mass is 369 g/mol. The molecule has 0 radical (unpaired) electrons. The third-order valence-electron chi connectivity index (χ3n) is 4.66. The molecule has 27 heavy (non-hydrogen) atoms. The van der Waals surface area contributed by atoms with Crippen LogP contribution in [0.25, 0.3) is 0 Å². The minimum Gasteiger partial charge on any atom is -0.486 e. The molecule has 1 amide bonds. The lowest BCUT2D eigenvalue weighted by atomic mass is 9.95. The van der Waals surface area contributed by atoms with Crippen LogP contribution < -0.4 is 19.5 Å². The van der Waals surface area contributed by atoms with Crippen LogP contribution in [0.15, 0.2) is 36.4 Å². The Hall–Kier alpha value is -2.69. The van der Waals surface area contributed by atoms with Crippen molar-refractivity contribution in [2.24, 2.45) is 5.92 Å². The number of para-hydroxylation sites is 1. The summed E-state index contributed by atoms with van der Waals surface area (Å²) >= 11 is 0. The highest BCUT2D eigenvalue weighted by molar-refractivity contribution is 5.78. The summed E-state index contributed by atoms with van der Waals surface area (Å²) in [5, 5.41) is 3.09. The van der Waals surface area contributed by atoms with Crippen LogP contribution in [0, 0.1) is 19.8 Å². The zero-order valence-corrected chi connectivity index (χ0v) is 16.4. The zero-order valence-electron chi connectivity index (χ0n) is 16.4. The summed E-state index contributed by atoms with van der Waals surface area (Å²) in [5.74, 6) is 2.32. The van der Waals surface area contributed by atoms with Gasteiger partial charge in [-0.05, 0) is 48.6 Å². The molecule has 1 aliphatic rings. The van der Waals surface area contributed by atoms with Gasteiger partial charge in [-0.25, -0.2) is 0 Å². The molecule has 5 nitrogen and oxygen atoms in total. The first-order valence-corrected chi connectivity index (χ1v) is 9.33. The Kier molecular flexibility index (Phi) is 5.89. The van der Waals surface area contributed by atoms with Gasteiger partial charge < -0.3 is 19.5 Å². The van der Waals surface area contributed by atoms with Gasteiger partial charge in [0.25, 0.3) is 5.91 Å². The van der Waals surface area contributed by atoms with Gasteiger partial charge in [0.1, 0.15) is 19.0 Å². The summed E-state index contributed by atoms with van der Waals surface area (Å²) in [6.45, 7) is 9.20. The highest BCUT2D eigenvalue weighted by atomic mass is 16.6. The molecule has 1 N–H and O–H groups in total. The van der Waals surface area contributed by atoms with E-state index < -0.39 is 0 Å². The minimum absolute atomic E-state index is 0.0144. The fourth-order valence-corrected chi connectivity index (χ4v) is 3.27. The molecular formula is C22H27NO4. The summed E-state index contributed by atoms with van der Waals surface area (Å²) in [5.41, 5.74) is 3.04. The Balaban J connectivity index is 1.68. The second-order valence-corrected chi connectivity index (χ2v) is 7.20. The number of fused-ring (bicyclic) bond motifs is 1. The zero-order chi connectivity index (χ0) is 19.4. The van der Waals surface area contributed by atoms with Gasteiger partial charge in [-0.15, -0.1) is 0 Å². The molecule has 2 aromatic rings. The van der Waals surface area contributed by atoms with Gasteiger partial charge in [0.05, 0.1) is 6.04 Å². The topological polar surface area (TPSA) is 56.8 Å². The van der Waals surface area contributed by atoms with Gasteiger partial charge in [0.2, 0.25) is 0 Å². The third kappa shape index (κ3) is 4.54. The van der Waals surface area contributed by atoms with E-state index in [0.717, 1.165) is 33.9 Å². The van der Waals surface area contributed by atoms with E-state index in [9.17, 15) is 4.79 Å². The van der Waals surface area contributed by atoms with Crippen LogP contribution >= 0.6 is 0 Å². The SMILES string of the molecule is Cc1cccc(C)c1OCC(=O)NC(c1ccc2c(c1)OCCO2)C(C)C. The first kappa shape index (κ1) is 19.1. The number of benzene rings is 2. The average molecular weight is 369 g/mol. The number of carbonyl (C=O) groups excluding carboxylic acids is 1. The van der Waals surface area contributed by atoms with Crippen molar-refractivity contribution in [2.75, 3.05) is 19.8 Å². The summed E-state index contributed by atoms with van der Waals surface area (Å²) in [7, 11) is 0. The quantitative estimate of drug-likeness (QED) is 0.837. The van der Waals surface area contributed by atoms with E-state index in [1.54, 1.807) is 0 Å². The number of rotatable bonds is 6. The number of carbonyl (C=O) groups is 1. The van der Waals surface area contributed by atoms with Crippen molar-refractivity contribution < 1.29 is 19.0 Å². The molecule has 0 aromatic heterocycles. The molecule has 0 fully saturated rings.